The molecule has 0 bridgehead atoms. The monoisotopic (exact) mass is 324 g/mol. The Hall–Kier alpha value is -2.75. The zero-order chi connectivity index (χ0) is 17.1. The van der Waals surface area contributed by atoms with Gasteiger partial charge in [-0.05, 0) is 24.6 Å². The first-order valence-corrected chi connectivity index (χ1v) is 7.87. The quantitative estimate of drug-likeness (QED) is 0.663. The zero-order valence-corrected chi connectivity index (χ0v) is 14.1. The van der Waals surface area contributed by atoms with E-state index in [2.05, 4.69) is 0 Å². The molecule has 0 radical (unpaired) electrons. The fourth-order valence-electron chi connectivity index (χ4n) is 2.90. The van der Waals surface area contributed by atoms with E-state index >= 15 is 0 Å². The van der Waals surface area contributed by atoms with Gasteiger partial charge in [-0.2, -0.15) is 0 Å². The van der Waals surface area contributed by atoms with Crippen LogP contribution in [0.1, 0.15) is 19.1 Å². The Morgan fingerprint density at radius 1 is 1.00 bits per heavy atom. The molecule has 0 saturated heterocycles. The molecule has 0 aliphatic heterocycles. The molecule has 0 saturated carbocycles. The van der Waals surface area contributed by atoms with Gasteiger partial charge in [0.1, 0.15) is 17.3 Å². The van der Waals surface area contributed by atoms with Gasteiger partial charge in [-0.15, -0.1) is 0 Å². The average Bonchev–Trinajstić information content (AvgIpc) is 2.99. The number of carbonyl (C=O) groups is 1. The molecule has 0 unspecified atom stereocenters. The minimum Gasteiger partial charge on any atom is -0.496 e. The van der Waals surface area contributed by atoms with E-state index in [-0.39, 0.29) is 5.78 Å². The molecule has 1 heterocycles. The van der Waals surface area contributed by atoms with Crippen LogP contribution in [0.3, 0.4) is 0 Å². The number of Topliss-reactive ketones (excluding diaryl/α,β-unsaturated/α-hetero) is 1. The van der Waals surface area contributed by atoms with Crippen molar-refractivity contribution in [2.45, 2.75) is 19.8 Å². The van der Waals surface area contributed by atoms with Crippen LogP contribution >= 0.6 is 0 Å². The van der Waals surface area contributed by atoms with Crippen LogP contribution in [0.15, 0.2) is 46.9 Å². The van der Waals surface area contributed by atoms with Gasteiger partial charge in [-0.1, -0.05) is 30.3 Å². The molecule has 0 amide bonds. The molecule has 3 aromatic rings. The van der Waals surface area contributed by atoms with E-state index in [0.29, 0.717) is 24.2 Å². The van der Waals surface area contributed by atoms with Crippen molar-refractivity contribution in [1.29, 1.82) is 0 Å². The molecule has 1 aromatic heterocycles. The highest BCUT2D eigenvalue weighted by Gasteiger charge is 2.22. The molecule has 3 rings (SSSR count). The Kier molecular flexibility index (Phi) is 4.56. The van der Waals surface area contributed by atoms with Crippen molar-refractivity contribution >= 4 is 16.8 Å². The number of hydrogen-bond acceptors (Lipinski definition) is 4. The van der Waals surface area contributed by atoms with Gasteiger partial charge in [0.05, 0.1) is 19.6 Å². The Balaban J connectivity index is 2.30. The van der Waals surface area contributed by atoms with E-state index in [9.17, 15) is 4.79 Å². The second-order valence-corrected chi connectivity index (χ2v) is 5.64. The standard InChI is InChI=1S/C20H20O4/c1-13(21)9-10-16-18(14-7-5-4-6-8-14)19-15(22-2)11-12-17(23-3)20(19)24-16/h4-8,11-12H,9-10H2,1-3H3. The normalized spacial score (nSPS) is 10.8. The number of furan rings is 1. The van der Waals surface area contributed by atoms with Gasteiger partial charge < -0.3 is 18.7 Å². The van der Waals surface area contributed by atoms with Gasteiger partial charge in [0.15, 0.2) is 11.3 Å². The fraction of sp³-hybridized carbons (Fsp3) is 0.250. The van der Waals surface area contributed by atoms with Crippen molar-refractivity contribution < 1.29 is 18.7 Å². The summed E-state index contributed by atoms with van der Waals surface area (Å²) < 4.78 is 17.1. The number of ether oxygens (including phenoxy) is 2. The molecule has 0 spiro atoms. The lowest BCUT2D eigenvalue weighted by Gasteiger charge is -2.07. The maximum atomic E-state index is 11.4. The van der Waals surface area contributed by atoms with Gasteiger partial charge in [-0.3, -0.25) is 0 Å². The zero-order valence-electron chi connectivity index (χ0n) is 14.1. The van der Waals surface area contributed by atoms with Crippen molar-refractivity contribution in [3.63, 3.8) is 0 Å². The van der Waals surface area contributed by atoms with Crippen LogP contribution in [-0.4, -0.2) is 20.0 Å². The highest BCUT2D eigenvalue weighted by Crippen LogP contribution is 2.44. The summed E-state index contributed by atoms with van der Waals surface area (Å²) in [7, 11) is 3.25. The molecule has 24 heavy (non-hydrogen) atoms. The molecular weight excluding hydrogens is 304 g/mol. The maximum absolute atomic E-state index is 11.4. The first-order valence-electron chi connectivity index (χ1n) is 7.87. The van der Waals surface area contributed by atoms with Gasteiger partial charge in [0.2, 0.25) is 0 Å². The highest BCUT2D eigenvalue weighted by molar-refractivity contribution is 6.02. The van der Waals surface area contributed by atoms with Gasteiger partial charge in [0.25, 0.3) is 0 Å². The Bertz CT molecular complexity index is 862. The van der Waals surface area contributed by atoms with E-state index in [1.165, 1.54) is 0 Å². The minimum atomic E-state index is 0.133. The topological polar surface area (TPSA) is 48.7 Å². The maximum Gasteiger partial charge on any atom is 0.180 e. The van der Waals surface area contributed by atoms with E-state index in [1.807, 2.05) is 42.5 Å². The van der Waals surface area contributed by atoms with E-state index in [1.54, 1.807) is 21.1 Å². The van der Waals surface area contributed by atoms with Crippen LogP contribution in [0.5, 0.6) is 11.5 Å². The van der Waals surface area contributed by atoms with Gasteiger partial charge in [-0.25, -0.2) is 0 Å². The van der Waals surface area contributed by atoms with Crippen LogP contribution in [0.25, 0.3) is 22.1 Å². The number of ketones is 1. The lowest BCUT2D eigenvalue weighted by Crippen LogP contribution is -1.94. The third kappa shape index (κ3) is 2.87. The Morgan fingerprint density at radius 3 is 2.29 bits per heavy atom. The van der Waals surface area contributed by atoms with E-state index < -0.39 is 0 Å². The Morgan fingerprint density at radius 2 is 1.67 bits per heavy atom. The smallest absolute Gasteiger partial charge is 0.180 e. The predicted molar refractivity (Wildman–Crippen MR) is 93.8 cm³/mol. The molecular formula is C20H20O4. The van der Waals surface area contributed by atoms with Crippen LogP contribution < -0.4 is 9.47 Å². The number of aryl methyl sites for hydroxylation is 1. The van der Waals surface area contributed by atoms with Crippen molar-refractivity contribution in [3.8, 4) is 22.6 Å². The first kappa shape index (κ1) is 16.1. The third-order valence-electron chi connectivity index (χ3n) is 4.04. The predicted octanol–water partition coefficient (Wildman–Crippen LogP) is 4.64. The van der Waals surface area contributed by atoms with E-state index in [4.69, 9.17) is 13.9 Å². The molecule has 4 nitrogen and oxygen atoms in total. The fourth-order valence-corrected chi connectivity index (χ4v) is 2.90. The van der Waals surface area contributed by atoms with Crippen LogP contribution in [-0.2, 0) is 11.2 Å². The van der Waals surface area contributed by atoms with E-state index in [0.717, 1.165) is 28.0 Å². The number of benzene rings is 2. The second-order valence-electron chi connectivity index (χ2n) is 5.64. The van der Waals surface area contributed by atoms with Crippen molar-refractivity contribution in [1.82, 2.24) is 0 Å². The molecule has 0 aliphatic rings. The average molecular weight is 324 g/mol. The lowest BCUT2D eigenvalue weighted by atomic mass is 9.99. The van der Waals surface area contributed by atoms with Crippen molar-refractivity contribution in [3.05, 3.63) is 48.2 Å². The highest BCUT2D eigenvalue weighted by atomic mass is 16.5. The molecule has 0 atom stereocenters. The first-order chi connectivity index (χ1) is 11.7. The summed E-state index contributed by atoms with van der Waals surface area (Å²) in [5.41, 5.74) is 2.64. The van der Waals surface area contributed by atoms with Gasteiger partial charge >= 0.3 is 0 Å². The lowest BCUT2D eigenvalue weighted by molar-refractivity contribution is -0.117. The number of carbonyl (C=O) groups excluding carboxylic acids is 1. The molecule has 0 aliphatic carbocycles. The summed E-state index contributed by atoms with van der Waals surface area (Å²) in [6, 6.07) is 13.7. The summed E-state index contributed by atoms with van der Waals surface area (Å²) in [4.78, 5) is 11.4. The van der Waals surface area contributed by atoms with Crippen LogP contribution in [0.4, 0.5) is 0 Å². The Labute approximate surface area is 141 Å². The second kappa shape index (κ2) is 6.79. The molecule has 2 aromatic carbocycles. The number of fused-ring (bicyclic) bond motifs is 1. The number of methoxy groups -OCH3 is 2. The minimum absolute atomic E-state index is 0.133. The molecule has 124 valence electrons. The van der Waals surface area contributed by atoms with Crippen LogP contribution in [0.2, 0.25) is 0 Å². The summed E-state index contributed by atoms with van der Waals surface area (Å²) >= 11 is 0. The number of hydrogen-bond donors (Lipinski definition) is 0. The largest absolute Gasteiger partial charge is 0.496 e. The van der Waals surface area contributed by atoms with Crippen LogP contribution in [0, 0.1) is 0 Å². The molecule has 4 heteroatoms. The summed E-state index contributed by atoms with van der Waals surface area (Å²) in [5.74, 6) is 2.28. The summed E-state index contributed by atoms with van der Waals surface area (Å²) in [6.07, 6.45) is 0.977. The molecule has 0 N–H and O–H groups in total. The summed E-state index contributed by atoms with van der Waals surface area (Å²) in [5, 5.41) is 0.876. The third-order valence-corrected chi connectivity index (χ3v) is 4.04. The van der Waals surface area contributed by atoms with Crippen molar-refractivity contribution in [2.75, 3.05) is 14.2 Å². The van der Waals surface area contributed by atoms with Gasteiger partial charge in [0, 0.05) is 18.4 Å². The summed E-state index contributed by atoms with van der Waals surface area (Å²) in [6.45, 7) is 1.59. The van der Waals surface area contributed by atoms with Crippen molar-refractivity contribution in [2.24, 2.45) is 0 Å². The SMILES string of the molecule is COc1ccc(OC)c2c(-c3ccccc3)c(CCC(C)=O)oc12. The number of rotatable bonds is 6. The molecule has 0 fully saturated rings.